The molecule has 0 aliphatic carbocycles. The van der Waals surface area contributed by atoms with E-state index in [1.165, 1.54) is 11.3 Å². The van der Waals surface area contributed by atoms with Gasteiger partial charge in [-0.15, -0.1) is 11.3 Å². The number of hydrogen-bond donors (Lipinski definition) is 3. The summed E-state index contributed by atoms with van der Waals surface area (Å²) in [6, 6.07) is -0.0979. The van der Waals surface area contributed by atoms with Crippen molar-refractivity contribution in [3.8, 4) is 0 Å². The van der Waals surface area contributed by atoms with Crippen molar-refractivity contribution in [2.24, 2.45) is 5.73 Å². The summed E-state index contributed by atoms with van der Waals surface area (Å²) < 4.78 is 0. The first kappa shape index (κ1) is 13.1. The number of aromatic nitrogens is 1. The molecule has 0 aliphatic rings. The van der Waals surface area contributed by atoms with Gasteiger partial charge in [0.25, 0.3) is 0 Å². The number of carbonyl (C=O) groups is 1. The Kier molecular flexibility index (Phi) is 4.85. The predicted octanol–water partition coefficient (Wildman–Crippen LogP) is 0.202. The second kappa shape index (κ2) is 5.93. The zero-order valence-corrected chi connectivity index (χ0v) is 10.3. The van der Waals surface area contributed by atoms with Gasteiger partial charge in [-0.05, 0) is 13.8 Å². The molecule has 1 heterocycles. The molecule has 6 heteroatoms. The molecule has 0 fully saturated rings. The van der Waals surface area contributed by atoms with Crippen molar-refractivity contribution in [1.29, 1.82) is 0 Å². The van der Waals surface area contributed by atoms with Crippen LogP contribution in [0, 0.1) is 0 Å². The van der Waals surface area contributed by atoms with Crippen molar-refractivity contribution in [3.63, 3.8) is 0 Å². The Bertz CT molecular complexity index is 350. The van der Waals surface area contributed by atoms with E-state index < -0.39 is 6.10 Å². The molecule has 2 unspecified atom stereocenters. The summed E-state index contributed by atoms with van der Waals surface area (Å²) in [5.41, 5.74) is 6.39. The van der Waals surface area contributed by atoms with E-state index in [-0.39, 0.29) is 24.9 Å². The molecule has 0 radical (unpaired) electrons. The lowest BCUT2D eigenvalue weighted by molar-refractivity contribution is -0.120. The standard InChI is InChI=1S/C10H17N3O2S/c1-6(14)4-12-9(15)3-8-5-16-10(13-8)7(2)11/h5-7,14H,3-4,11H2,1-2H3,(H,12,15). The van der Waals surface area contributed by atoms with Gasteiger partial charge < -0.3 is 16.2 Å². The van der Waals surface area contributed by atoms with Crippen molar-refractivity contribution < 1.29 is 9.90 Å². The maximum atomic E-state index is 11.4. The normalized spacial score (nSPS) is 14.5. The van der Waals surface area contributed by atoms with E-state index in [4.69, 9.17) is 10.8 Å². The van der Waals surface area contributed by atoms with Crippen LogP contribution in [0.2, 0.25) is 0 Å². The minimum atomic E-state index is -0.529. The van der Waals surface area contributed by atoms with Gasteiger partial charge in [0.05, 0.1) is 24.3 Å². The van der Waals surface area contributed by atoms with Crippen LogP contribution in [-0.2, 0) is 11.2 Å². The first-order valence-corrected chi connectivity index (χ1v) is 6.01. The number of carbonyl (C=O) groups excluding carboxylic acids is 1. The first-order chi connectivity index (χ1) is 7.49. The fourth-order valence-electron chi connectivity index (χ4n) is 1.10. The second-order valence-electron chi connectivity index (χ2n) is 3.80. The van der Waals surface area contributed by atoms with Crippen molar-refractivity contribution in [1.82, 2.24) is 10.3 Å². The topological polar surface area (TPSA) is 88.2 Å². The lowest BCUT2D eigenvalue weighted by Crippen LogP contribution is -2.31. The van der Waals surface area contributed by atoms with E-state index in [1.807, 2.05) is 12.3 Å². The largest absolute Gasteiger partial charge is 0.392 e. The highest BCUT2D eigenvalue weighted by Gasteiger charge is 2.10. The molecule has 0 aromatic carbocycles. The SMILES string of the molecule is CC(O)CNC(=O)Cc1csc(C(C)N)n1. The summed E-state index contributed by atoms with van der Waals surface area (Å²) in [5.74, 6) is -0.137. The van der Waals surface area contributed by atoms with Gasteiger partial charge >= 0.3 is 0 Å². The Morgan fingerprint density at radius 3 is 2.88 bits per heavy atom. The number of nitrogens with zero attached hydrogens (tertiary/aromatic N) is 1. The molecule has 0 spiro atoms. The van der Waals surface area contributed by atoms with Gasteiger partial charge in [-0.2, -0.15) is 0 Å². The van der Waals surface area contributed by atoms with Gasteiger partial charge in [-0.1, -0.05) is 0 Å². The Morgan fingerprint density at radius 2 is 2.38 bits per heavy atom. The molecule has 0 saturated carbocycles. The molecule has 5 nitrogen and oxygen atoms in total. The van der Waals surface area contributed by atoms with Crippen LogP contribution in [-0.4, -0.2) is 28.6 Å². The molecular weight excluding hydrogens is 226 g/mol. The van der Waals surface area contributed by atoms with Gasteiger partial charge in [0.15, 0.2) is 0 Å². The Labute approximate surface area is 98.7 Å². The monoisotopic (exact) mass is 243 g/mol. The van der Waals surface area contributed by atoms with E-state index in [0.29, 0.717) is 0 Å². The minimum Gasteiger partial charge on any atom is -0.392 e. The third-order valence-electron chi connectivity index (χ3n) is 1.90. The molecule has 1 aromatic heterocycles. The highest BCUT2D eigenvalue weighted by atomic mass is 32.1. The van der Waals surface area contributed by atoms with Crippen molar-refractivity contribution >= 4 is 17.2 Å². The summed E-state index contributed by atoms with van der Waals surface area (Å²) in [7, 11) is 0. The molecule has 0 bridgehead atoms. The van der Waals surface area contributed by atoms with Crippen LogP contribution >= 0.6 is 11.3 Å². The average Bonchev–Trinajstić information content (AvgIpc) is 2.63. The van der Waals surface area contributed by atoms with Crippen LogP contribution in [0.15, 0.2) is 5.38 Å². The maximum absolute atomic E-state index is 11.4. The highest BCUT2D eigenvalue weighted by Crippen LogP contribution is 2.15. The van der Waals surface area contributed by atoms with Gasteiger partial charge in [0, 0.05) is 11.9 Å². The zero-order chi connectivity index (χ0) is 12.1. The van der Waals surface area contributed by atoms with Gasteiger partial charge in [-0.3, -0.25) is 4.79 Å². The fourth-order valence-corrected chi connectivity index (χ4v) is 1.88. The Hall–Kier alpha value is -0.980. The highest BCUT2D eigenvalue weighted by molar-refractivity contribution is 7.09. The summed E-state index contributed by atoms with van der Waals surface area (Å²) in [4.78, 5) is 15.7. The van der Waals surface area contributed by atoms with E-state index in [0.717, 1.165) is 10.7 Å². The summed E-state index contributed by atoms with van der Waals surface area (Å²) in [6.07, 6.45) is -0.297. The third kappa shape index (κ3) is 4.26. The number of nitrogens with two attached hydrogens (primary N) is 1. The number of rotatable bonds is 5. The molecule has 0 saturated heterocycles. The number of aliphatic hydroxyl groups is 1. The lowest BCUT2D eigenvalue weighted by atomic mass is 10.3. The molecule has 2 atom stereocenters. The van der Waals surface area contributed by atoms with E-state index in [9.17, 15) is 4.79 Å². The molecule has 1 aromatic rings. The molecule has 90 valence electrons. The van der Waals surface area contributed by atoms with Gasteiger partial charge in [-0.25, -0.2) is 4.98 Å². The van der Waals surface area contributed by atoms with Crippen LogP contribution in [0.5, 0.6) is 0 Å². The molecule has 16 heavy (non-hydrogen) atoms. The molecular formula is C10H17N3O2S. The molecule has 1 amide bonds. The maximum Gasteiger partial charge on any atom is 0.226 e. The van der Waals surface area contributed by atoms with Crippen LogP contribution < -0.4 is 11.1 Å². The smallest absolute Gasteiger partial charge is 0.226 e. The summed E-state index contributed by atoms with van der Waals surface area (Å²) in [5, 5.41) is 14.3. The van der Waals surface area contributed by atoms with Crippen molar-refractivity contribution in [2.75, 3.05) is 6.54 Å². The average molecular weight is 243 g/mol. The third-order valence-corrected chi connectivity index (χ3v) is 2.99. The van der Waals surface area contributed by atoms with Crippen LogP contribution in [0.1, 0.15) is 30.6 Å². The van der Waals surface area contributed by atoms with Crippen LogP contribution in [0.25, 0.3) is 0 Å². The van der Waals surface area contributed by atoms with E-state index in [2.05, 4.69) is 10.3 Å². The molecule has 4 N–H and O–H groups in total. The summed E-state index contributed by atoms with van der Waals surface area (Å²) >= 11 is 1.46. The quantitative estimate of drug-likeness (QED) is 0.689. The number of hydrogen-bond acceptors (Lipinski definition) is 5. The van der Waals surface area contributed by atoms with E-state index >= 15 is 0 Å². The zero-order valence-electron chi connectivity index (χ0n) is 9.43. The lowest BCUT2D eigenvalue weighted by Gasteiger charge is -2.05. The number of thiazole rings is 1. The van der Waals surface area contributed by atoms with Crippen molar-refractivity contribution in [3.05, 3.63) is 16.1 Å². The molecule has 0 aliphatic heterocycles. The minimum absolute atomic E-state index is 0.0979. The number of nitrogens with one attached hydrogen (secondary N) is 1. The van der Waals surface area contributed by atoms with Crippen LogP contribution in [0.3, 0.4) is 0 Å². The first-order valence-electron chi connectivity index (χ1n) is 5.13. The molecule has 1 rings (SSSR count). The van der Waals surface area contributed by atoms with Gasteiger partial charge in [0.2, 0.25) is 5.91 Å². The number of amides is 1. The van der Waals surface area contributed by atoms with Gasteiger partial charge in [0.1, 0.15) is 5.01 Å². The van der Waals surface area contributed by atoms with Crippen molar-refractivity contribution in [2.45, 2.75) is 32.4 Å². The summed E-state index contributed by atoms with van der Waals surface area (Å²) in [6.45, 7) is 3.75. The number of aliphatic hydroxyl groups excluding tert-OH is 1. The predicted molar refractivity (Wildman–Crippen MR) is 63.1 cm³/mol. The van der Waals surface area contributed by atoms with Crippen LogP contribution in [0.4, 0.5) is 0 Å². The fraction of sp³-hybridized carbons (Fsp3) is 0.600. The Balaban J connectivity index is 2.43. The Morgan fingerprint density at radius 1 is 1.69 bits per heavy atom. The van der Waals surface area contributed by atoms with E-state index in [1.54, 1.807) is 6.92 Å². The second-order valence-corrected chi connectivity index (χ2v) is 4.69.